The molecule has 0 amide bonds. The third-order valence-electron chi connectivity index (χ3n) is 9.16. The maximum atomic E-state index is 11.3. The quantitative estimate of drug-likeness (QED) is 0.593. The van der Waals surface area contributed by atoms with Crippen LogP contribution in [0.2, 0.25) is 0 Å². The van der Waals surface area contributed by atoms with E-state index in [0.29, 0.717) is 6.54 Å². The fourth-order valence-corrected chi connectivity index (χ4v) is 7.91. The second kappa shape index (κ2) is 9.25. The van der Waals surface area contributed by atoms with Crippen molar-refractivity contribution in [2.75, 3.05) is 32.6 Å². The second-order valence-corrected chi connectivity index (χ2v) is 11.5. The topological polar surface area (TPSA) is 79.7 Å². The lowest BCUT2D eigenvalue weighted by Crippen LogP contribution is -2.53. The van der Waals surface area contributed by atoms with Crippen molar-refractivity contribution in [2.45, 2.75) is 64.1 Å². The van der Waals surface area contributed by atoms with E-state index in [0.717, 1.165) is 72.4 Å². The lowest BCUT2D eigenvalue weighted by molar-refractivity contribution is -0.115. The highest BCUT2D eigenvalue weighted by atomic mass is 16.5. The molecule has 35 heavy (non-hydrogen) atoms. The van der Waals surface area contributed by atoms with Gasteiger partial charge in [0.15, 0.2) is 0 Å². The molecule has 0 spiro atoms. The first-order valence-corrected chi connectivity index (χ1v) is 13.2. The van der Waals surface area contributed by atoms with E-state index < -0.39 is 0 Å². The fraction of sp³-hybridized carbons (Fsp3) is 0.643. The number of aliphatic hydroxyl groups is 1. The highest BCUT2D eigenvalue weighted by Crippen LogP contribution is 2.61. The van der Waals surface area contributed by atoms with Crippen molar-refractivity contribution in [3.05, 3.63) is 41.3 Å². The summed E-state index contributed by atoms with van der Waals surface area (Å²) in [5.41, 5.74) is 3.57. The molecule has 1 aliphatic heterocycles. The lowest BCUT2D eigenvalue weighted by atomic mass is 9.48. The van der Waals surface area contributed by atoms with Gasteiger partial charge in [0.25, 0.3) is 0 Å². The van der Waals surface area contributed by atoms with Gasteiger partial charge in [-0.2, -0.15) is 0 Å². The third-order valence-corrected chi connectivity index (χ3v) is 9.16. The van der Waals surface area contributed by atoms with Crippen LogP contribution in [-0.4, -0.2) is 53.4 Å². The van der Waals surface area contributed by atoms with Gasteiger partial charge >= 0.3 is 0 Å². The molecule has 4 aliphatic carbocycles. The minimum atomic E-state index is -0.301. The SMILES string of the molecule is COc1cc(CN2CCc3c(ncnc3NCC(O)C34CC5CC(CC(C5)C3)C4)C2)cc(OC)c1. The largest absolute Gasteiger partial charge is 0.497 e. The van der Waals surface area contributed by atoms with Gasteiger partial charge in [0.05, 0.1) is 26.0 Å². The lowest BCUT2D eigenvalue weighted by Gasteiger charge is -2.58. The van der Waals surface area contributed by atoms with Gasteiger partial charge in [0.1, 0.15) is 23.6 Å². The summed E-state index contributed by atoms with van der Waals surface area (Å²) < 4.78 is 10.9. The smallest absolute Gasteiger partial charge is 0.133 e. The van der Waals surface area contributed by atoms with E-state index in [1.54, 1.807) is 20.5 Å². The Labute approximate surface area is 208 Å². The Kier molecular flexibility index (Phi) is 6.09. The molecule has 2 N–H and O–H groups in total. The highest BCUT2D eigenvalue weighted by molar-refractivity contribution is 5.47. The minimum Gasteiger partial charge on any atom is -0.497 e. The van der Waals surface area contributed by atoms with Gasteiger partial charge in [0.2, 0.25) is 0 Å². The molecule has 7 heteroatoms. The Morgan fingerprint density at radius 2 is 1.69 bits per heavy atom. The van der Waals surface area contributed by atoms with Crippen molar-refractivity contribution in [1.82, 2.24) is 14.9 Å². The van der Waals surface area contributed by atoms with E-state index in [4.69, 9.17) is 9.47 Å². The number of hydrogen-bond acceptors (Lipinski definition) is 7. The molecule has 7 rings (SSSR count). The van der Waals surface area contributed by atoms with Gasteiger partial charge in [-0.3, -0.25) is 4.90 Å². The number of rotatable bonds is 8. The number of nitrogens with one attached hydrogen (secondary N) is 1. The number of ether oxygens (including phenoxy) is 2. The number of nitrogens with zero attached hydrogens (tertiary/aromatic N) is 3. The van der Waals surface area contributed by atoms with Gasteiger partial charge in [-0.05, 0) is 85.8 Å². The van der Waals surface area contributed by atoms with Gasteiger partial charge in [-0.25, -0.2) is 9.97 Å². The molecule has 2 aromatic rings. The van der Waals surface area contributed by atoms with Crippen LogP contribution in [0.15, 0.2) is 24.5 Å². The van der Waals surface area contributed by atoms with Gasteiger partial charge in [0, 0.05) is 37.8 Å². The summed E-state index contributed by atoms with van der Waals surface area (Å²) in [5, 5.41) is 14.9. The fourth-order valence-electron chi connectivity index (χ4n) is 7.91. The number of anilines is 1. The molecule has 4 fully saturated rings. The first kappa shape index (κ1) is 23.0. The molecule has 1 aromatic carbocycles. The van der Waals surface area contributed by atoms with Crippen LogP contribution < -0.4 is 14.8 Å². The minimum absolute atomic E-state index is 0.128. The highest BCUT2D eigenvalue weighted by Gasteiger charge is 2.53. The molecular weight excluding hydrogens is 440 g/mol. The predicted octanol–water partition coefficient (Wildman–Crippen LogP) is 4.04. The third kappa shape index (κ3) is 4.49. The van der Waals surface area contributed by atoms with Crippen molar-refractivity contribution < 1.29 is 14.6 Å². The molecular formula is C28H38N4O3. The van der Waals surface area contributed by atoms with Crippen LogP contribution in [-0.2, 0) is 19.5 Å². The molecule has 0 saturated heterocycles. The molecule has 2 heterocycles. The number of fused-ring (bicyclic) bond motifs is 1. The van der Waals surface area contributed by atoms with E-state index in [-0.39, 0.29) is 11.5 Å². The Balaban J connectivity index is 1.11. The molecule has 4 bridgehead atoms. The average Bonchev–Trinajstić information content (AvgIpc) is 2.86. The van der Waals surface area contributed by atoms with E-state index in [9.17, 15) is 5.11 Å². The van der Waals surface area contributed by atoms with Crippen molar-refractivity contribution in [2.24, 2.45) is 23.2 Å². The first-order valence-electron chi connectivity index (χ1n) is 13.2. The van der Waals surface area contributed by atoms with Crippen LogP contribution >= 0.6 is 0 Å². The zero-order valence-electron chi connectivity index (χ0n) is 21.0. The summed E-state index contributed by atoms with van der Waals surface area (Å²) in [6.45, 7) is 3.11. The van der Waals surface area contributed by atoms with Crippen LogP contribution in [0.4, 0.5) is 5.82 Å². The average molecular weight is 479 g/mol. The Morgan fingerprint density at radius 3 is 2.31 bits per heavy atom. The maximum absolute atomic E-state index is 11.3. The van der Waals surface area contributed by atoms with Gasteiger partial charge < -0.3 is 19.9 Å². The standard InChI is InChI=1S/C28H38N4O3/c1-34-22-8-21(9-23(10-22)35-2)15-32-4-3-24-25(16-32)30-17-31-27(24)29-14-26(33)28-11-18-5-19(12-28)7-20(6-18)13-28/h8-10,17-20,26,33H,3-7,11-16H2,1-2H3,(H,29,30,31). The zero-order chi connectivity index (χ0) is 24.0. The molecule has 1 aromatic heterocycles. The second-order valence-electron chi connectivity index (χ2n) is 11.5. The van der Waals surface area contributed by atoms with Crippen molar-refractivity contribution in [3.63, 3.8) is 0 Å². The number of aliphatic hydroxyl groups excluding tert-OH is 1. The van der Waals surface area contributed by atoms with Crippen LogP contribution in [0.5, 0.6) is 11.5 Å². The molecule has 4 saturated carbocycles. The molecule has 1 unspecified atom stereocenters. The number of aromatic nitrogens is 2. The molecule has 7 nitrogen and oxygen atoms in total. The summed E-state index contributed by atoms with van der Waals surface area (Å²) in [5.74, 6) is 5.06. The van der Waals surface area contributed by atoms with E-state index in [2.05, 4.69) is 32.3 Å². The summed E-state index contributed by atoms with van der Waals surface area (Å²) in [4.78, 5) is 11.6. The van der Waals surface area contributed by atoms with E-state index in [1.165, 1.54) is 44.1 Å². The summed E-state index contributed by atoms with van der Waals surface area (Å²) in [7, 11) is 3.36. The Bertz CT molecular complexity index is 1020. The van der Waals surface area contributed by atoms with Gasteiger partial charge in [-0.1, -0.05) is 0 Å². The van der Waals surface area contributed by atoms with Crippen molar-refractivity contribution in [3.8, 4) is 11.5 Å². The number of methoxy groups -OCH3 is 2. The first-order chi connectivity index (χ1) is 17.0. The van der Waals surface area contributed by atoms with Crippen LogP contribution in [0, 0.1) is 23.2 Å². The van der Waals surface area contributed by atoms with Crippen LogP contribution in [0.1, 0.15) is 55.3 Å². The van der Waals surface area contributed by atoms with Crippen molar-refractivity contribution >= 4 is 5.82 Å². The molecule has 0 radical (unpaired) electrons. The molecule has 5 aliphatic rings. The summed E-state index contributed by atoms with van der Waals surface area (Å²) >= 11 is 0. The molecule has 1 atom stereocenters. The number of benzene rings is 1. The summed E-state index contributed by atoms with van der Waals surface area (Å²) in [6.07, 6.45) is 10.1. The summed E-state index contributed by atoms with van der Waals surface area (Å²) in [6, 6.07) is 6.03. The normalized spacial score (nSPS) is 30.1. The Hall–Kier alpha value is -2.38. The van der Waals surface area contributed by atoms with Crippen LogP contribution in [0.25, 0.3) is 0 Å². The predicted molar refractivity (Wildman–Crippen MR) is 134 cm³/mol. The van der Waals surface area contributed by atoms with E-state index in [1.807, 2.05) is 6.07 Å². The number of hydrogen-bond donors (Lipinski definition) is 2. The van der Waals surface area contributed by atoms with Crippen molar-refractivity contribution in [1.29, 1.82) is 0 Å². The monoisotopic (exact) mass is 478 g/mol. The van der Waals surface area contributed by atoms with Crippen LogP contribution in [0.3, 0.4) is 0 Å². The maximum Gasteiger partial charge on any atom is 0.133 e. The van der Waals surface area contributed by atoms with Gasteiger partial charge in [-0.15, -0.1) is 0 Å². The molecule has 188 valence electrons. The van der Waals surface area contributed by atoms with E-state index >= 15 is 0 Å². The zero-order valence-corrected chi connectivity index (χ0v) is 21.0. The Morgan fingerprint density at radius 1 is 1.03 bits per heavy atom.